The van der Waals surface area contributed by atoms with Crippen molar-refractivity contribution in [3.63, 3.8) is 0 Å². The Morgan fingerprint density at radius 3 is 2.68 bits per heavy atom. The van der Waals surface area contributed by atoms with Crippen LogP contribution in [-0.4, -0.2) is 18.0 Å². The van der Waals surface area contributed by atoms with E-state index in [9.17, 15) is 4.79 Å². The van der Waals surface area contributed by atoms with Crippen molar-refractivity contribution in [1.82, 2.24) is 5.32 Å². The summed E-state index contributed by atoms with van der Waals surface area (Å²) in [6.45, 7) is 0. The zero-order chi connectivity index (χ0) is 13.2. The van der Waals surface area contributed by atoms with Crippen molar-refractivity contribution in [3.8, 4) is 0 Å². The molecule has 0 saturated heterocycles. The zero-order valence-corrected chi connectivity index (χ0v) is 11.2. The molecule has 3 N–H and O–H groups in total. The van der Waals surface area contributed by atoms with Crippen molar-refractivity contribution in [2.75, 3.05) is 0 Å². The molecule has 4 unspecified atom stereocenters. The molecule has 0 aromatic heterocycles. The Morgan fingerprint density at radius 2 is 2.05 bits per heavy atom. The predicted molar refractivity (Wildman–Crippen MR) is 75.5 cm³/mol. The molecule has 4 atom stereocenters. The summed E-state index contributed by atoms with van der Waals surface area (Å²) in [7, 11) is 0. The molecular formula is C16H22N2O. The van der Waals surface area contributed by atoms with Gasteiger partial charge in [0, 0.05) is 6.04 Å². The number of rotatable bonds is 4. The van der Waals surface area contributed by atoms with Gasteiger partial charge in [-0.25, -0.2) is 0 Å². The minimum absolute atomic E-state index is 0.0152. The van der Waals surface area contributed by atoms with Crippen LogP contribution < -0.4 is 11.1 Å². The molecule has 3 rings (SSSR count). The number of amides is 1. The second kappa shape index (κ2) is 5.33. The van der Waals surface area contributed by atoms with E-state index in [4.69, 9.17) is 5.73 Å². The Labute approximate surface area is 114 Å². The number of carbonyl (C=O) groups excluding carboxylic acids is 1. The summed E-state index contributed by atoms with van der Waals surface area (Å²) >= 11 is 0. The molecule has 1 aromatic rings. The first kappa shape index (κ1) is 12.7. The number of hydrogen-bond acceptors (Lipinski definition) is 2. The molecule has 1 amide bonds. The number of hydrogen-bond donors (Lipinski definition) is 2. The van der Waals surface area contributed by atoms with E-state index in [1.54, 1.807) is 0 Å². The fourth-order valence-corrected chi connectivity index (χ4v) is 3.67. The van der Waals surface area contributed by atoms with Crippen LogP contribution in [0.2, 0.25) is 0 Å². The van der Waals surface area contributed by atoms with Crippen molar-refractivity contribution >= 4 is 5.91 Å². The van der Waals surface area contributed by atoms with Crippen LogP contribution >= 0.6 is 0 Å². The maximum absolute atomic E-state index is 12.1. The average molecular weight is 258 g/mol. The van der Waals surface area contributed by atoms with Gasteiger partial charge in [0.05, 0.1) is 6.04 Å². The van der Waals surface area contributed by atoms with Gasteiger partial charge >= 0.3 is 0 Å². The van der Waals surface area contributed by atoms with Gasteiger partial charge < -0.3 is 11.1 Å². The highest BCUT2D eigenvalue weighted by Crippen LogP contribution is 2.44. The smallest absolute Gasteiger partial charge is 0.237 e. The van der Waals surface area contributed by atoms with Crippen molar-refractivity contribution in [2.45, 2.75) is 44.2 Å². The fourth-order valence-electron chi connectivity index (χ4n) is 3.67. The van der Waals surface area contributed by atoms with Crippen LogP contribution in [0.5, 0.6) is 0 Å². The monoisotopic (exact) mass is 258 g/mol. The van der Waals surface area contributed by atoms with Gasteiger partial charge in [-0.3, -0.25) is 4.79 Å². The summed E-state index contributed by atoms with van der Waals surface area (Å²) in [5.41, 5.74) is 7.14. The van der Waals surface area contributed by atoms with Crippen LogP contribution in [0.4, 0.5) is 0 Å². The predicted octanol–water partition coefficient (Wildman–Crippen LogP) is 1.86. The molecular weight excluding hydrogens is 236 g/mol. The van der Waals surface area contributed by atoms with Crippen molar-refractivity contribution in [3.05, 3.63) is 35.9 Å². The Morgan fingerprint density at radius 1 is 1.26 bits per heavy atom. The second-order valence-electron chi connectivity index (χ2n) is 6.09. The summed E-state index contributed by atoms with van der Waals surface area (Å²) < 4.78 is 0. The van der Waals surface area contributed by atoms with Crippen molar-refractivity contribution in [2.24, 2.45) is 17.6 Å². The Hall–Kier alpha value is -1.35. The molecule has 0 aliphatic heterocycles. The SMILES string of the molecule is NC(Cc1ccccc1)C(=O)NC1CC2CCC1C2. The van der Waals surface area contributed by atoms with Crippen LogP contribution in [0.3, 0.4) is 0 Å². The first-order valence-electron chi connectivity index (χ1n) is 7.32. The van der Waals surface area contributed by atoms with Crippen molar-refractivity contribution in [1.29, 1.82) is 0 Å². The lowest BCUT2D eigenvalue weighted by Gasteiger charge is -2.24. The third kappa shape index (κ3) is 2.81. The van der Waals surface area contributed by atoms with E-state index in [-0.39, 0.29) is 5.91 Å². The Kier molecular flexibility index (Phi) is 3.56. The van der Waals surface area contributed by atoms with Gasteiger partial charge in [-0.2, -0.15) is 0 Å². The molecule has 1 aromatic carbocycles. The third-order valence-corrected chi connectivity index (χ3v) is 4.70. The second-order valence-corrected chi connectivity index (χ2v) is 6.09. The lowest BCUT2D eigenvalue weighted by Crippen LogP contribution is -2.48. The molecule has 2 aliphatic rings. The third-order valence-electron chi connectivity index (χ3n) is 4.70. The number of nitrogens with two attached hydrogens (primary N) is 1. The summed E-state index contributed by atoms with van der Waals surface area (Å²) in [5, 5.41) is 3.17. The zero-order valence-electron chi connectivity index (χ0n) is 11.2. The van der Waals surface area contributed by atoms with Crippen LogP contribution in [0.15, 0.2) is 30.3 Å². The fraction of sp³-hybridized carbons (Fsp3) is 0.562. The van der Waals surface area contributed by atoms with Crippen LogP contribution in [0.1, 0.15) is 31.2 Å². The van der Waals surface area contributed by atoms with E-state index in [1.165, 1.54) is 19.3 Å². The summed E-state index contributed by atoms with van der Waals surface area (Å²) in [6, 6.07) is 9.93. The maximum atomic E-state index is 12.1. The number of fused-ring (bicyclic) bond motifs is 2. The van der Waals surface area contributed by atoms with Gasteiger partial charge in [-0.1, -0.05) is 36.8 Å². The lowest BCUT2D eigenvalue weighted by molar-refractivity contribution is -0.123. The highest BCUT2D eigenvalue weighted by molar-refractivity contribution is 5.82. The molecule has 3 heteroatoms. The molecule has 0 heterocycles. The molecule has 102 valence electrons. The van der Waals surface area contributed by atoms with Gasteiger partial charge in [0.25, 0.3) is 0 Å². The molecule has 0 spiro atoms. The van der Waals surface area contributed by atoms with Gasteiger partial charge in [-0.05, 0) is 43.1 Å². The van der Waals surface area contributed by atoms with Crippen LogP contribution in [0, 0.1) is 11.8 Å². The molecule has 19 heavy (non-hydrogen) atoms. The van der Waals surface area contributed by atoms with E-state index < -0.39 is 6.04 Å². The topological polar surface area (TPSA) is 55.1 Å². The standard InChI is InChI=1S/C16H22N2O/c17-14(9-11-4-2-1-3-5-11)16(19)18-15-10-12-6-7-13(15)8-12/h1-5,12-15H,6-10,17H2,(H,18,19). The lowest BCUT2D eigenvalue weighted by atomic mass is 9.95. The number of carbonyl (C=O) groups is 1. The summed E-state index contributed by atoms with van der Waals surface area (Å²) in [5.74, 6) is 1.57. The average Bonchev–Trinajstić information content (AvgIpc) is 3.02. The maximum Gasteiger partial charge on any atom is 0.237 e. The normalized spacial score (nSPS) is 30.3. The van der Waals surface area contributed by atoms with E-state index in [0.29, 0.717) is 18.4 Å². The number of benzene rings is 1. The van der Waals surface area contributed by atoms with Gasteiger partial charge in [-0.15, -0.1) is 0 Å². The highest BCUT2D eigenvalue weighted by Gasteiger charge is 2.40. The minimum Gasteiger partial charge on any atom is -0.352 e. The van der Waals surface area contributed by atoms with Gasteiger partial charge in [0.1, 0.15) is 0 Å². The first-order valence-corrected chi connectivity index (χ1v) is 7.32. The molecule has 0 radical (unpaired) electrons. The van der Waals surface area contributed by atoms with Gasteiger partial charge in [0.15, 0.2) is 0 Å². The largest absolute Gasteiger partial charge is 0.352 e. The Bertz CT molecular complexity index is 445. The molecule has 2 saturated carbocycles. The van der Waals surface area contributed by atoms with E-state index in [1.807, 2.05) is 30.3 Å². The van der Waals surface area contributed by atoms with Crippen molar-refractivity contribution < 1.29 is 4.79 Å². The summed E-state index contributed by atoms with van der Waals surface area (Å²) in [4.78, 5) is 12.1. The molecule has 2 fully saturated rings. The molecule has 3 nitrogen and oxygen atoms in total. The van der Waals surface area contributed by atoms with Crippen LogP contribution in [-0.2, 0) is 11.2 Å². The number of nitrogens with one attached hydrogen (secondary N) is 1. The van der Waals surface area contributed by atoms with E-state index in [2.05, 4.69) is 5.32 Å². The van der Waals surface area contributed by atoms with Crippen LogP contribution in [0.25, 0.3) is 0 Å². The van der Waals surface area contributed by atoms with Gasteiger partial charge in [0.2, 0.25) is 5.91 Å². The molecule has 2 aliphatic carbocycles. The van der Waals surface area contributed by atoms with E-state index >= 15 is 0 Å². The highest BCUT2D eigenvalue weighted by atomic mass is 16.2. The summed E-state index contributed by atoms with van der Waals surface area (Å²) in [6.07, 6.45) is 5.72. The Balaban J connectivity index is 1.53. The van der Waals surface area contributed by atoms with E-state index in [0.717, 1.165) is 17.9 Å². The first-order chi connectivity index (χ1) is 9.22. The molecule has 2 bridgehead atoms. The quantitative estimate of drug-likeness (QED) is 0.866. The minimum atomic E-state index is -0.429.